The van der Waals surface area contributed by atoms with Gasteiger partial charge in [-0.2, -0.15) is 0 Å². The number of carbonyl (C=O) groups is 1. The molecule has 7 nitrogen and oxygen atoms in total. The fraction of sp³-hybridized carbons (Fsp3) is 0.650. The van der Waals surface area contributed by atoms with Gasteiger partial charge in [0.1, 0.15) is 5.60 Å². The molecule has 9 heteroatoms. The molecule has 1 amide bonds. The molecule has 1 aromatic rings. The van der Waals surface area contributed by atoms with Gasteiger partial charge in [0.2, 0.25) is 0 Å². The van der Waals surface area contributed by atoms with Crippen LogP contribution in [0.2, 0.25) is 0 Å². The van der Waals surface area contributed by atoms with E-state index < -0.39 is 39.9 Å². The maximum Gasteiger partial charge on any atom is 0.494 e. The molecule has 1 aromatic carbocycles. The van der Waals surface area contributed by atoms with Crippen LogP contribution in [-0.4, -0.2) is 55.6 Å². The third-order valence-electron chi connectivity index (χ3n) is 5.59. The van der Waals surface area contributed by atoms with Gasteiger partial charge in [-0.3, -0.25) is 0 Å². The summed E-state index contributed by atoms with van der Waals surface area (Å²) in [5.74, 6) is -0.161. The molecule has 0 aromatic heterocycles. The first-order valence-corrected chi connectivity index (χ1v) is 11.5. The van der Waals surface area contributed by atoms with Crippen LogP contribution in [0.15, 0.2) is 23.1 Å². The molecule has 3 rings (SSSR count). The number of sulfone groups is 1. The first kappa shape index (κ1) is 22.1. The number of ether oxygens (including phenoxy) is 1. The van der Waals surface area contributed by atoms with Gasteiger partial charge in [-0.15, -0.1) is 0 Å². The Morgan fingerprint density at radius 1 is 1.14 bits per heavy atom. The second-order valence-electron chi connectivity index (χ2n) is 9.68. The molecule has 0 spiro atoms. The first-order chi connectivity index (χ1) is 13.1. The normalized spacial score (nSPS) is 22.7. The summed E-state index contributed by atoms with van der Waals surface area (Å²) >= 11 is 0. The Labute approximate surface area is 173 Å². The second kappa shape index (κ2) is 6.99. The lowest BCUT2D eigenvalue weighted by Gasteiger charge is -2.32. The average Bonchev–Trinajstić information content (AvgIpc) is 2.69. The van der Waals surface area contributed by atoms with Crippen molar-refractivity contribution in [2.45, 2.75) is 76.7 Å². The van der Waals surface area contributed by atoms with Crippen LogP contribution >= 0.6 is 0 Å². The zero-order chi connectivity index (χ0) is 21.8. The highest BCUT2D eigenvalue weighted by Gasteiger charge is 2.52. The van der Waals surface area contributed by atoms with Crippen molar-refractivity contribution < 1.29 is 27.3 Å². The minimum atomic E-state index is -3.56. The monoisotopic (exact) mass is 423 g/mol. The van der Waals surface area contributed by atoms with E-state index in [1.807, 2.05) is 27.7 Å². The molecule has 160 valence electrons. The largest absolute Gasteiger partial charge is 0.494 e. The summed E-state index contributed by atoms with van der Waals surface area (Å²) in [6, 6.07) is 5.15. The molecule has 2 heterocycles. The SMILES string of the molecule is CC(C)(C)OC(=O)N1CCS(=O)(=O)c2cc(B3OC(C)(C)C(C)(C)O3)ccc2C1. The van der Waals surface area contributed by atoms with Crippen LogP contribution in [0, 0.1) is 0 Å². The lowest BCUT2D eigenvalue weighted by molar-refractivity contribution is 0.00578. The number of fused-ring (bicyclic) bond motifs is 1. The number of rotatable bonds is 1. The van der Waals surface area contributed by atoms with Gasteiger partial charge in [-0.1, -0.05) is 12.1 Å². The fourth-order valence-corrected chi connectivity index (χ4v) is 4.75. The second-order valence-corrected chi connectivity index (χ2v) is 11.8. The number of nitrogens with zero attached hydrogens (tertiary/aromatic N) is 1. The number of hydrogen-bond donors (Lipinski definition) is 0. The number of amides is 1. The van der Waals surface area contributed by atoms with Gasteiger partial charge < -0.3 is 18.9 Å². The maximum absolute atomic E-state index is 12.9. The van der Waals surface area contributed by atoms with Gasteiger partial charge >= 0.3 is 13.2 Å². The predicted octanol–water partition coefficient (Wildman–Crippen LogP) is 2.51. The molecule has 1 fully saturated rings. The van der Waals surface area contributed by atoms with E-state index in [1.165, 1.54) is 4.90 Å². The highest BCUT2D eigenvalue weighted by atomic mass is 32.2. The zero-order valence-electron chi connectivity index (χ0n) is 18.2. The molecule has 0 N–H and O–H groups in total. The smallest absolute Gasteiger partial charge is 0.444 e. The summed E-state index contributed by atoms with van der Waals surface area (Å²) < 4.78 is 43.3. The van der Waals surface area contributed by atoms with E-state index in [1.54, 1.807) is 39.0 Å². The summed E-state index contributed by atoms with van der Waals surface area (Å²) in [4.78, 5) is 14.1. The van der Waals surface area contributed by atoms with Crippen molar-refractivity contribution in [1.82, 2.24) is 4.90 Å². The van der Waals surface area contributed by atoms with Crippen LogP contribution in [0.5, 0.6) is 0 Å². The van der Waals surface area contributed by atoms with Crippen LogP contribution < -0.4 is 5.46 Å². The van der Waals surface area contributed by atoms with Crippen LogP contribution in [0.1, 0.15) is 54.0 Å². The first-order valence-electron chi connectivity index (χ1n) is 9.80. The third-order valence-corrected chi connectivity index (χ3v) is 7.36. The average molecular weight is 423 g/mol. The summed E-state index contributed by atoms with van der Waals surface area (Å²) in [5.41, 5.74) is -0.468. The Kier molecular flexibility index (Phi) is 5.33. The van der Waals surface area contributed by atoms with Crippen LogP contribution in [0.4, 0.5) is 4.79 Å². The molecule has 1 saturated heterocycles. The molecule has 29 heavy (non-hydrogen) atoms. The Morgan fingerprint density at radius 2 is 1.72 bits per heavy atom. The van der Waals surface area contributed by atoms with Gasteiger partial charge in [0.05, 0.1) is 28.4 Å². The third kappa shape index (κ3) is 4.46. The van der Waals surface area contributed by atoms with Crippen molar-refractivity contribution in [2.75, 3.05) is 12.3 Å². The van der Waals surface area contributed by atoms with Gasteiger partial charge in [0.25, 0.3) is 0 Å². The number of carbonyl (C=O) groups excluding carboxylic acids is 1. The summed E-state index contributed by atoms with van der Waals surface area (Å²) in [5, 5.41) is 0. The van der Waals surface area contributed by atoms with Gasteiger partial charge in [0.15, 0.2) is 9.84 Å². The lowest BCUT2D eigenvalue weighted by atomic mass is 9.79. The van der Waals surface area contributed by atoms with Crippen molar-refractivity contribution in [3.63, 3.8) is 0 Å². The van der Waals surface area contributed by atoms with E-state index in [4.69, 9.17) is 14.0 Å². The molecule has 0 aliphatic carbocycles. The molecular formula is C20H30BNO6S. The van der Waals surface area contributed by atoms with E-state index in [2.05, 4.69) is 0 Å². The lowest BCUT2D eigenvalue weighted by Crippen LogP contribution is -2.41. The standard InChI is InChI=1S/C20H30BNO6S/c1-18(2,3)26-17(23)22-10-11-29(24,25)16-12-15(9-8-14(16)13-22)21-27-19(4,5)20(6,7)28-21/h8-9,12H,10-11,13H2,1-7H3. The zero-order valence-corrected chi connectivity index (χ0v) is 19.1. The summed E-state index contributed by atoms with van der Waals surface area (Å²) in [6.45, 7) is 13.4. The molecule has 0 radical (unpaired) electrons. The Bertz CT molecular complexity index is 903. The Balaban J connectivity index is 1.91. The van der Waals surface area contributed by atoms with Crippen molar-refractivity contribution in [3.8, 4) is 0 Å². The Hall–Kier alpha value is -1.58. The van der Waals surface area contributed by atoms with E-state index in [0.717, 1.165) is 0 Å². The van der Waals surface area contributed by atoms with Crippen molar-refractivity contribution >= 4 is 28.5 Å². The topological polar surface area (TPSA) is 82.1 Å². The molecule has 0 saturated carbocycles. The molecule has 0 atom stereocenters. The maximum atomic E-state index is 12.9. The highest BCUT2D eigenvalue weighted by molar-refractivity contribution is 7.91. The summed E-state index contributed by atoms with van der Waals surface area (Å²) in [7, 11) is -4.21. The van der Waals surface area contributed by atoms with E-state index in [-0.39, 0.29) is 23.7 Å². The number of benzene rings is 1. The molecule has 2 aliphatic heterocycles. The van der Waals surface area contributed by atoms with Crippen LogP contribution in [0.25, 0.3) is 0 Å². The fourth-order valence-electron chi connectivity index (χ4n) is 3.22. The molecule has 0 unspecified atom stereocenters. The summed E-state index contributed by atoms with van der Waals surface area (Å²) in [6.07, 6.45) is -0.518. The van der Waals surface area contributed by atoms with Gasteiger partial charge in [-0.05, 0) is 65.6 Å². The van der Waals surface area contributed by atoms with Gasteiger partial charge in [-0.25, -0.2) is 13.2 Å². The van der Waals surface area contributed by atoms with E-state index in [0.29, 0.717) is 11.0 Å². The van der Waals surface area contributed by atoms with Crippen molar-refractivity contribution in [2.24, 2.45) is 0 Å². The molecule has 0 bridgehead atoms. The van der Waals surface area contributed by atoms with E-state index in [9.17, 15) is 13.2 Å². The minimum Gasteiger partial charge on any atom is -0.444 e. The quantitative estimate of drug-likeness (QED) is 0.646. The minimum absolute atomic E-state index is 0.0811. The van der Waals surface area contributed by atoms with Crippen LogP contribution in [-0.2, 0) is 30.4 Å². The van der Waals surface area contributed by atoms with Crippen molar-refractivity contribution in [1.29, 1.82) is 0 Å². The molecular weight excluding hydrogens is 393 g/mol. The number of hydrogen-bond acceptors (Lipinski definition) is 6. The molecule has 2 aliphatic rings. The van der Waals surface area contributed by atoms with Crippen LogP contribution in [0.3, 0.4) is 0 Å². The van der Waals surface area contributed by atoms with Crippen molar-refractivity contribution in [3.05, 3.63) is 23.8 Å². The highest BCUT2D eigenvalue weighted by Crippen LogP contribution is 2.36. The predicted molar refractivity (Wildman–Crippen MR) is 111 cm³/mol. The Morgan fingerprint density at radius 3 is 2.28 bits per heavy atom. The van der Waals surface area contributed by atoms with E-state index >= 15 is 0 Å². The van der Waals surface area contributed by atoms with Gasteiger partial charge in [0, 0.05) is 6.54 Å².